The second-order valence-corrected chi connectivity index (χ2v) is 4.60. The van der Waals surface area contributed by atoms with Gasteiger partial charge < -0.3 is 5.32 Å². The fourth-order valence-corrected chi connectivity index (χ4v) is 2.47. The Bertz CT molecular complexity index is 546. The van der Waals surface area contributed by atoms with Gasteiger partial charge in [0.05, 0.1) is 11.9 Å². The molecule has 3 rings (SSSR count). The third-order valence-electron chi connectivity index (χ3n) is 3.31. The van der Waals surface area contributed by atoms with E-state index >= 15 is 0 Å². The van der Waals surface area contributed by atoms with Crippen molar-refractivity contribution in [2.24, 2.45) is 4.99 Å². The lowest BCUT2D eigenvalue weighted by Gasteiger charge is -2.19. The number of nitrogens with zero attached hydrogens (tertiary/aromatic N) is 1. The van der Waals surface area contributed by atoms with Crippen LogP contribution in [0.1, 0.15) is 30.1 Å². The molecule has 0 unspecified atom stereocenters. The largest absolute Gasteiger partial charge is 0.365 e. The van der Waals surface area contributed by atoms with Gasteiger partial charge in [-0.15, -0.1) is 0 Å². The topological polar surface area (TPSA) is 24.4 Å². The number of aliphatic imine (C=N–C) groups is 1. The summed E-state index contributed by atoms with van der Waals surface area (Å²) in [6.07, 6.45) is 0. The minimum atomic E-state index is 0.175. The summed E-state index contributed by atoms with van der Waals surface area (Å²) in [5, 5.41) is 3.47. The summed E-state index contributed by atoms with van der Waals surface area (Å²) < 4.78 is 0. The SMILES string of the molecule is CC1=N[C@H](c2ccccc2)[C@@H](c2ccccc2)N1. The van der Waals surface area contributed by atoms with Crippen LogP contribution in [0.5, 0.6) is 0 Å². The van der Waals surface area contributed by atoms with Crippen molar-refractivity contribution in [2.45, 2.75) is 19.0 Å². The van der Waals surface area contributed by atoms with Crippen molar-refractivity contribution in [3.05, 3.63) is 71.8 Å². The minimum absolute atomic E-state index is 0.175. The van der Waals surface area contributed by atoms with Gasteiger partial charge in [-0.1, -0.05) is 60.7 Å². The highest BCUT2D eigenvalue weighted by Gasteiger charge is 2.29. The van der Waals surface area contributed by atoms with Crippen LogP contribution in [0.2, 0.25) is 0 Å². The quantitative estimate of drug-likeness (QED) is 0.848. The van der Waals surface area contributed by atoms with Gasteiger partial charge in [-0.2, -0.15) is 0 Å². The van der Waals surface area contributed by atoms with Crippen molar-refractivity contribution >= 4 is 5.84 Å². The monoisotopic (exact) mass is 236 g/mol. The Morgan fingerprint density at radius 1 is 0.833 bits per heavy atom. The van der Waals surface area contributed by atoms with E-state index in [0.717, 1.165) is 5.84 Å². The first kappa shape index (κ1) is 11.0. The van der Waals surface area contributed by atoms with Crippen LogP contribution in [-0.4, -0.2) is 5.84 Å². The summed E-state index contributed by atoms with van der Waals surface area (Å²) in [5.41, 5.74) is 2.54. The van der Waals surface area contributed by atoms with Crippen LogP contribution in [0.4, 0.5) is 0 Å². The molecule has 0 fully saturated rings. The molecule has 1 aliphatic heterocycles. The number of rotatable bonds is 2. The molecule has 1 heterocycles. The van der Waals surface area contributed by atoms with Crippen molar-refractivity contribution in [1.82, 2.24) is 5.32 Å². The summed E-state index contributed by atoms with van der Waals surface area (Å²) in [5.74, 6) is 1.01. The van der Waals surface area contributed by atoms with Crippen molar-refractivity contribution < 1.29 is 0 Å². The van der Waals surface area contributed by atoms with Gasteiger partial charge in [0.25, 0.3) is 0 Å². The average molecular weight is 236 g/mol. The molecule has 0 radical (unpaired) electrons. The van der Waals surface area contributed by atoms with E-state index in [1.54, 1.807) is 0 Å². The Labute approximate surface area is 107 Å². The Hall–Kier alpha value is -2.09. The maximum Gasteiger partial charge on any atom is 0.101 e. The van der Waals surface area contributed by atoms with Crippen LogP contribution >= 0.6 is 0 Å². The molecule has 2 aromatic carbocycles. The lowest BCUT2D eigenvalue weighted by molar-refractivity contribution is 0.572. The lowest BCUT2D eigenvalue weighted by atomic mass is 9.95. The van der Waals surface area contributed by atoms with Crippen molar-refractivity contribution in [2.75, 3.05) is 0 Å². The molecule has 90 valence electrons. The van der Waals surface area contributed by atoms with Gasteiger partial charge in [-0.05, 0) is 18.1 Å². The van der Waals surface area contributed by atoms with Crippen LogP contribution < -0.4 is 5.32 Å². The summed E-state index contributed by atoms with van der Waals surface area (Å²) >= 11 is 0. The molecule has 2 atom stereocenters. The number of hydrogen-bond acceptors (Lipinski definition) is 2. The molecular weight excluding hydrogens is 220 g/mol. The third-order valence-corrected chi connectivity index (χ3v) is 3.31. The first-order valence-corrected chi connectivity index (χ1v) is 6.25. The highest BCUT2D eigenvalue weighted by Crippen LogP contribution is 2.35. The molecule has 0 saturated carbocycles. The van der Waals surface area contributed by atoms with E-state index < -0.39 is 0 Å². The highest BCUT2D eigenvalue weighted by molar-refractivity contribution is 5.82. The standard InChI is InChI=1S/C16H16N2/c1-12-17-15(13-8-4-2-5-9-13)16(18-12)14-10-6-3-7-11-14/h2-11,15-16H,1H3,(H,17,18)/t15-,16-/m1/s1. The lowest BCUT2D eigenvalue weighted by Crippen LogP contribution is -2.22. The molecule has 0 bridgehead atoms. The molecule has 0 aromatic heterocycles. The number of amidine groups is 1. The zero-order chi connectivity index (χ0) is 12.4. The molecule has 2 heteroatoms. The van der Waals surface area contributed by atoms with Gasteiger partial charge in [0.2, 0.25) is 0 Å². The second-order valence-electron chi connectivity index (χ2n) is 4.60. The maximum atomic E-state index is 4.72. The zero-order valence-electron chi connectivity index (χ0n) is 10.4. The molecule has 2 nitrogen and oxygen atoms in total. The minimum Gasteiger partial charge on any atom is -0.365 e. The molecule has 0 saturated heterocycles. The number of hydrogen-bond donors (Lipinski definition) is 1. The molecule has 2 aromatic rings. The Morgan fingerprint density at radius 3 is 2.00 bits per heavy atom. The van der Waals surface area contributed by atoms with Crippen molar-refractivity contribution in [3.63, 3.8) is 0 Å². The van der Waals surface area contributed by atoms with E-state index in [4.69, 9.17) is 4.99 Å². The highest BCUT2D eigenvalue weighted by atomic mass is 15.1. The third kappa shape index (κ3) is 2.02. The van der Waals surface area contributed by atoms with Crippen molar-refractivity contribution in [1.29, 1.82) is 0 Å². The van der Waals surface area contributed by atoms with Gasteiger partial charge in [-0.25, -0.2) is 0 Å². The van der Waals surface area contributed by atoms with E-state index in [2.05, 4.69) is 53.8 Å². The Balaban J connectivity index is 1.97. The van der Waals surface area contributed by atoms with E-state index in [9.17, 15) is 0 Å². The zero-order valence-corrected chi connectivity index (χ0v) is 10.4. The first-order valence-electron chi connectivity index (χ1n) is 6.25. The van der Waals surface area contributed by atoms with E-state index in [0.29, 0.717) is 0 Å². The fourth-order valence-electron chi connectivity index (χ4n) is 2.47. The average Bonchev–Trinajstić information content (AvgIpc) is 2.83. The van der Waals surface area contributed by atoms with Gasteiger partial charge in [-0.3, -0.25) is 4.99 Å². The maximum absolute atomic E-state index is 4.72. The number of benzene rings is 2. The first-order chi connectivity index (χ1) is 8.84. The summed E-state index contributed by atoms with van der Waals surface area (Å²) in [7, 11) is 0. The van der Waals surface area contributed by atoms with Crippen LogP contribution in [0.25, 0.3) is 0 Å². The fraction of sp³-hybridized carbons (Fsp3) is 0.188. The molecule has 1 N–H and O–H groups in total. The molecular formula is C16H16N2. The normalized spacial score (nSPS) is 22.4. The van der Waals surface area contributed by atoms with E-state index in [1.165, 1.54) is 11.1 Å². The Kier molecular flexibility index (Phi) is 2.85. The van der Waals surface area contributed by atoms with Gasteiger partial charge in [0.1, 0.15) is 6.04 Å². The van der Waals surface area contributed by atoms with E-state index in [1.807, 2.05) is 19.1 Å². The smallest absolute Gasteiger partial charge is 0.101 e. The predicted molar refractivity (Wildman–Crippen MR) is 74.6 cm³/mol. The van der Waals surface area contributed by atoms with Crippen LogP contribution in [0.3, 0.4) is 0 Å². The number of nitrogens with one attached hydrogen (secondary N) is 1. The molecule has 1 aliphatic rings. The second kappa shape index (κ2) is 4.65. The van der Waals surface area contributed by atoms with Crippen LogP contribution in [0, 0.1) is 0 Å². The molecule has 0 spiro atoms. The summed E-state index contributed by atoms with van der Waals surface area (Å²) in [6, 6.07) is 21.4. The van der Waals surface area contributed by atoms with Gasteiger partial charge in [0.15, 0.2) is 0 Å². The molecule has 0 aliphatic carbocycles. The van der Waals surface area contributed by atoms with E-state index in [-0.39, 0.29) is 12.1 Å². The molecule has 18 heavy (non-hydrogen) atoms. The predicted octanol–water partition coefficient (Wildman–Crippen LogP) is 3.49. The Morgan fingerprint density at radius 2 is 1.39 bits per heavy atom. The van der Waals surface area contributed by atoms with Gasteiger partial charge in [0, 0.05) is 0 Å². The summed E-state index contributed by atoms with van der Waals surface area (Å²) in [6.45, 7) is 2.03. The van der Waals surface area contributed by atoms with Gasteiger partial charge >= 0.3 is 0 Å². The molecule has 0 amide bonds. The van der Waals surface area contributed by atoms with Crippen LogP contribution in [-0.2, 0) is 0 Å². The van der Waals surface area contributed by atoms with Crippen molar-refractivity contribution in [3.8, 4) is 0 Å². The summed E-state index contributed by atoms with van der Waals surface area (Å²) in [4.78, 5) is 4.72. The van der Waals surface area contributed by atoms with Crippen LogP contribution in [0.15, 0.2) is 65.7 Å².